The number of carbonyl (C=O) groups excluding carboxylic acids is 1. The summed E-state index contributed by atoms with van der Waals surface area (Å²) >= 11 is 0. The summed E-state index contributed by atoms with van der Waals surface area (Å²) in [5.74, 6) is -1.55. The summed E-state index contributed by atoms with van der Waals surface area (Å²) in [5, 5.41) is 0. The molecule has 0 atom stereocenters. The summed E-state index contributed by atoms with van der Waals surface area (Å²) in [6, 6.07) is 3.44. The molecule has 2 nitrogen and oxygen atoms in total. The van der Waals surface area contributed by atoms with Gasteiger partial charge in [0, 0.05) is 6.04 Å². The van der Waals surface area contributed by atoms with Crippen LogP contribution in [0.25, 0.3) is 0 Å². The minimum absolute atomic E-state index is 0.140. The molecule has 1 aliphatic rings. The lowest BCUT2D eigenvalue weighted by Gasteiger charge is -2.33. The van der Waals surface area contributed by atoms with Gasteiger partial charge in [-0.05, 0) is 37.6 Å². The number of carbonyl (C=O) groups is 1. The maximum absolute atomic E-state index is 13.6. The zero-order valence-electron chi connectivity index (χ0n) is 11.9. The van der Waals surface area contributed by atoms with Crippen molar-refractivity contribution in [3.8, 4) is 0 Å². The molecular weight excluding hydrogens is 260 g/mol. The van der Waals surface area contributed by atoms with E-state index in [0.29, 0.717) is 6.04 Å². The number of benzene rings is 1. The second kappa shape index (κ2) is 6.93. The van der Waals surface area contributed by atoms with Crippen molar-refractivity contribution in [3.63, 3.8) is 0 Å². The van der Waals surface area contributed by atoms with Gasteiger partial charge in [-0.2, -0.15) is 0 Å². The first kappa shape index (κ1) is 15.1. The first-order valence-corrected chi connectivity index (χ1v) is 7.34. The van der Waals surface area contributed by atoms with Crippen LogP contribution in [0.4, 0.5) is 8.78 Å². The Morgan fingerprint density at radius 2 is 1.95 bits per heavy atom. The maximum atomic E-state index is 13.6. The first-order valence-electron chi connectivity index (χ1n) is 7.34. The van der Waals surface area contributed by atoms with E-state index in [2.05, 4.69) is 4.90 Å². The van der Waals surface area contributed by atoms with Crippen molar-refractivity contribution in [2.45, 2.75) is 45.1 Å². The molecule has 20 heavy (non-hydrogen) atoms. The van der Waals surface area contributed by atoms with Crippen LogP contribution >= 0.6 is 0 Å². The summed E-state index contributed by atoms with van der Waals surface area (Å²) in [6.07, 6.45) is 5.80. The van der Waals surface area contributed by atoms with E-state index in [9.17, 15) is 13.6 Å². The number of nitrogens with zero attached hydrogens (tertiary/aromatic N) is 1. The Kier molecular flexibility index (Phi) is 5.24. The number of Topliss-reactive ketones (excluding diaryl/α,β-unsaturated/α-hetero) is 1. The molecule has 1 fully saturated rings. The van der Waals surface area contributed by atoms with Gasteiger partial charge in [0.2, 0.25) is 0 Å². The lowest BCUT2D eigenvalue weighted by atomic mass is 9.94. The van der Waals surface area contributed by atoms with Gasteiger partial charge in [-0.1, -0.05) is 26.2 Å². The second-order valence-corrected chi connectivity index (χ2v) is 5.40. The van der Waals surface area contributed by atoms with Crippen molar-refractivity contribution in [1.29, 1.82) is 0 Å². The molecule has 4 heteroatoms. The molecule has 0 N–H and O–H groups in total. The van der Waals surface area contributed by atoms with Crippen LogP contribution in [0.3, 0.4) is 0 Å². The molecule has 0 spiro atoms. The third-order valence-corrected chi connectivity index (χ3v) is 4.07. The van der Waals surface area contributed by atoms with Crippen LogP contribution in [0.15, 0.2) is 18.2 Å². The fraction of sp³-hybridized carbons (Fsp3) is 0.562. The number of rotatable bonds is 5. The predicted molar refractivity (Wildman–Crippen MR) is 74.8 cm³/mol. The summed E-state index contributed by atoms with van der Waals surface area (Å²) < 4.78 is 26.8. The molecule has 0 saturated heterocycles. The zero-order chi connectivity index (χ0) is 14.5. The van der Waals surface area contributed by atoms with Gasteiger partial charge in [0.05, 0.1) is 12.1 Å². The normalized spacial score (nSPS) is 16.6. The SMILES string of the molecule is CCN(CC(=O)c1cc(F)ccc1F)C1CCCCC1. The van der Waals surface area contributed by atoms with Crippen molar-refractivity contribution >= 4 is 5.78 Å². The van der Waals surface area contributed by atoms with E-state index in [1.54, 1.807) is 0 Å². The molecule has 110 valence electrons. The van der Waals surface area contributed by atoms with Crippen molar-refractivity contribution in [1.82, 2.24) is 4.90 Å². The van der Waals surface area contributed by atoms with Gasteiger partial charge in [-0.3, -0.25) is 9.69 Å². The largest absolute Gasteiger partial charge is 0.293 e. The third-order valence-electron chi connectivity index (χ3n) is 4.07. The molecule has 0 amide bonds. The Hall–Kier alpha value is -1.29. The van der Waals surface area contributed by atoms with Crippen molar-refractivity contribution in [2.24, 2.45) is 0 Å². The third kappa shape index (κ3) is 3.63. The number of hydrogen-bond acceptors (Lipinski definition) is 2. The minimum atomic E-state index is -0.643. The van der Waals surface area contributed by atoms with Crippen LogP contribution in [-0.2, 0) is 0 Å². The summed E-state index contributed by atoms with van der Waals surface area (Å²) in [4.78, 5) is 14.3. The molecule has 0 aromatic heterocycles. The van der Waals surface area contributed by atoms with Gasteiger partial charge >= 0.3 is 0 Å². The lowest BCUT2D eigenvalue weighted by Crippen LogP contribution is -2.40. The number of halogens is 2. The average Bonchev–Trinajstić information content (AvgIpc) is 2.48. The highest BCUT2D eigenvalue weighted by Crippen LogP contribution is 2.23. The summed E-state index contributed by atoms with van der Waals surface area (Å²) in [7, 11) is 0. The molecule has 0 radical (unpaired) electrons. The highest BCUT2D eigenvalue weighted by molar-refractivity contribution is 5.97. The Morgan fingerprint density at radius 1 is 1.25 bits per heavy atom. The van der Waals surface area contributed by atoms with E-state index in [1.165, 1.54) is 19.3 Å². The molecule has 1 aromatic carbocycles. The molecule has 0 aliphatic heterocycles. The predicted octanol–water partition coefficient (Wildman–Crippen LogP) is 3.80. The molecule has 2 rings (SSSR count). The topological polar surface area (TPSA) is 20.3 Å². The van der Waals surface area contributed by atoms with Gasteiger partial charge in [-0.15, -0.1) is 0 Å². The van der Waals surface area contributed by atoms with Crippen LogP contribution < -0.4 is 0 Å². The van der Waals surface area contributed by atoms with Gasteiger partial charge in [0.15, 0.2) is 5.78 Å². The van der Waals surface area contributed by atoms with E-state index in [4.69, 9.17) is 0 Å². The second-order valence-electron chi connectivity index (χ2n) is 5.40. The van der Waals surface area contributed by atoms with Gasteiger partial charge in [0.25, 0.3) is 0 Å². The fourth-order valence-electron chi connectivity index (χ4n) is 2.93. The van der Waals surface area contributed by atoms with E-state index < -0.39 is 11.6 Å². The Balaban J connectivity index is 2.06. The molecular formula is C16H21F2NO. The summed E-state index contributed by atoms with van der Waals surface area (Å²) in [6.45, 7) is 2.93. The highest BCUT2D eigenvalue weighted by atomic mass is 19.1. The lowest BCUT2D eigenvalue weighted by molar-refractivity contribution is 0.0864. The van der Waals surface area contributed by atoms with Crippen molar-refractivity contribution in [2.75, 3.05) is 13.1 Å². The highest BCUT2D eigenvalue weighted by Gasteiger charge is 2.23. The number of ketones is 1. The monoisotopic (exact) mass is 281 g/mol. The first-order chi connectivity index (χ1) is 9.61. The van der Waals surface area contributed by atoms with Crippen molar-refractivity contribution in [3.05, 3.63) is 35.4 Å². The molecule has 0 heterocycles. The molecule has 0 bridgehead atoms. The Labute approximate surface area is 118 Å². The Morgan fingerprint density at radius 3 is 2.60 bits per heavy atom. The van der Waals surface area contributed by atoms with Gasteiger partial charge in [-0.25, -0.2) is 8.78 Å². The average molecular weight is 281 g/mol. The smallest absolute Gasteiger partial charge is 0.179 e. The zero-order valence-corrected chi connectivity index (χ0v) is 11.9. The Bertz CT molecular complexity index is 470. The quantitative estimate of drug-likeness (QED) is 0.765. The van der Waals surface area contributed by atoms with Crippen molar-refractivity contribution < 1.29 is 13.6 Å². The summed E-state index contributed by atoms with van der Waals surface area (Å²) in [5.41, 5.74) is -0.140. The maximum Gasteiger partial charge on any atom is 0.179 e. The van der Waals surface area contributed by atoms with E-state index >= 15 is 0 Å². The van der Waals surface area contributed by atoms with E-state index in [-0.39, 0.29) is 17.9 Å². The van der Waals surface area contributed by atoms with Crippen LogP contribution in [-0.4, -0.2) is 29.8 Å². The van der Waals surface area contributed by atoms with Crippen LogP contribution in [0.2, 0.25) is 0 Å². The van der Waals surface area contributed by atoms with Gasteiger partial charge in [0.1, 0.15) is 11.6 Å². The van der Waals surface area contributed by atoms with Gasteiger partial charge < -0.3 is 0 Å². The van der Waals surface area contributed by atoms with Crippen LogP contribution in [0.5, 0.6) is 0 Å². The molecule has 0 unspecified atom stereocenters. The standard InChI is InChI=1S/C16H21F2NO/c1-2-19(13-6-4-3-5-7-13)11-16(20)14-10-12(17)8-9-15(14)18/h8-10,13H,2-7,11H2,1H3. The molecule has 1 aromatic rings. The number of likely N-dealkylation sites (N-methyl/N-ethyl adjacent to an activating group) is 1. The van der Waals surface area contributed by atoms with Crippen LogP contribution in [0, 0.1) is 11.6 Å². The molecule has 1 aliphatic carbocycles. The van der Waals surface area contributed by atoms with E-state index in [1.807, 2.05) is 6.92 Å². The number of hydrogen-bond donors (Lipinski definition) is 0. The molecule has 1 saturated carbocycles. The van der Waals surface area contributed by atoms with Crippen LogP contribution in [0.1, 0.15) is 49.4 Å². The minimum Gasteiger partial charge on any atom is -0.293 e. The van der Waals surface area contributed by atoms with E-state index in [0.717, 1.165) is 37.6 Å². The fourth-order valence-corrected chi connectivity index (χ4v) is 2.93.